The zero-order valence-electron chi connectivity index (χ0n) is 11.0. The number of aryl methyl sites for hydroxylation is 2. The minimum Gasteiger partial charge on any atom is -0.333 e. The van der Waals surface area contributed by atoms with E-state index in [0.29, 0.717) is 5.69 Å². The van der Waals surface area contributed by atoms with Crippen LogP contribution in [0.25, 0.3) is 0 Å². The van der Waals surface area contributed by atoms with E-state index >= 15 is 0 Å². The summed E-state index contributed by atoms with van der Waals surface area (Å²) in [6, 6.07) is 4.62. The SMILES string of the molecule is Cc1ccc(F)c(NC(=O)c2cn3c(n2)CSCC3)c1. The van der Waals surface area contributed by atoms with Crippen molar-refractivity contribution in [3.63, 3.8) is 0 Å². The van der Waals surface area contributed by atoms with Gasteiger partial charge in [-0.2, -0.15) is 11.8 Å². The lowest BCUT2D eigenvalue weighted by atomic mass is 10.2. The highest BCUT2D eigenvalue weighted by Gasteiger charge is 2.17. The summed E-state index contributed by atoms with van der Waals surface area (Å²) in [4.78, 5) is 16.4. The molecule has 20 heavy (non-hydrogen) atoms. The highest BCUT2D eigenvalue weighted by molar-refractivity contribution is 7.98. The fourth-order valence-electron chi connectivity index (χ4n) is 2.12. The molecule has 1 amide bonds. The van der Waals surface area contributed by atoms with Crippen LogP contribution in [0.1, 0.15) is 21.9 Å². The summed E-state index contributed by atoms with van der Waals surface area (Å²) in [6.45, 7) is 2.71. The van der Waals surface area contributed by atoms with Crippen molar-refractivity contribution in [3.05, 3.63) is 47.3 Å². The first-order valence-electron chi connectivity index (χ1n) is 6.35. The van der Waals surface area contributed by atoms with Crippen LogP contribution in [0.3, 0.4) is 0 Å². The van der Waals surface area contributed by atoms with E-state index in [2.05, 4.69) is 10.3 Å². The molecular formula is C14H14FN3OS. The standard InChI is InChI=1S/C14H14FN3OS/c1-9-2-3-10(15)11(6-9)17-14(19)12-7-18-4-5-20-8-13(18)16-12/h2-3,6-7H,4-5,8H2,1H3,(H,17,19). The maximum Gasteiger partial charge on any atom is 0.275 e. The van der Waals surface area contributed by atoms with Gasteiger partial charge < -0.3 is 9.88 Å². The molecule has 3 rings (SSSR count). The third-order valence-electron chi connectivity index (χ3n) is 3.17. The number of fused-ring (bicyclic) bond motifs is 1. The van der Waals surface area contributed by atoms with E-state index in [4.69, 9.17) is 0 Å². The molecule has 1 aromatic carbocycles. The van der Waals surface area contributed by atoms with E-state index in [0.717, 1.165) is 29.4 Å². The largest absolute Gasteiger partial charge is 0.333 e. The Bertz CT molecular complexity index is 645. The first-order valence-corrected chi connectivity index (χ1v) is 7.50. The van der Waals surface area contributed by atoms with Gasteiger partial charge in [-0.1, -0.05) is 6.07 Å². The Balaban J connectivity index is 1.82. The monoisotopic (exact) mass is 291 g/mol. The fourth-order valence-corrected chi connectivity index (χ4v) is 3.00. The Morgan fingerprint density at radius 1 is 1.50 bits per heavy atom. The number of imidazole rings is 1. The number of amides is 1. The average Bonchev–Trinajstić information content (AvgIpc) is 2.87. The van der Waals surface area contributed by atoms with Crippen molar-refractivity contribution in [2.45, 2.75) is 19.2 Å². The third kappa shape index (κ3) is 2.56. The van der Waals surface area contributed by atoms with Gasteiger partial charge in [-0.05, 0) is 24.6 Å². The maximum absolute atomic E-state index is 13.6. The van der Waals surface area contributed by atoms with E-state index in [1.807, 2.05) is 11.5 Å². The van der Waals surface area contributed by atoms with Crippen LogP contribution in [0.15, 0.2) is 24.4 Å². The zero-order chi connectivity index (χ0) is 14.1. The topological polar surface area (TPSA) is 46.9 Å². The Kier molecular flexibility index (Phi) is 3.48. The summed E-state index contributed by atoms with van der Waals surface area (Å²) in [6.07, 6.45) is 1.73. The van der Waals surface area contributed by atoms with Crippen molar-refractivity contribution < 1.29 is 9.18 Å². The van der Waals surface area contributed by atoms with Crippen LogP contribution in [-0.4, -0.2) is 21.2 Å². The van der Waals surface area contributed by atoms with Gasteiger partial charge in [0.15, 0.2) is 0 Å². The normalized spacial score (nSPS) is 13.9. The molecule has 0 saturated carbocycles. The molecule has 0 aliphatic carbocycles. The van der Waals surface area contributed by atoms with Crippen molar-refractivity contribution in [2.75, 3.05) is 11.1 Å². The lowest BCUT2D eigenvalue weighted by molar-refractivity contribution is 0.102. The molecule has 4 nitrogen and oxygen atoms in total. The van der Waals surface area contributed by atoms with Crippen LogP contribution >= 0.6 is 11.8 Å². The summed E-state index contributed by atoms with van der Waals surface area (Å²) in [5.74, 6) is 1.92. The molecule has 1 N–H and O–H groups in total. The molecule has 0 radical (unpaired) electrons. The van der Waals surface area contributed by atoms with Crippen LogP contribution in [0.2, 0.25) is 0 Å². The Hall–Kier alpha value is -1.82. The van der Waals surface area contributed by atoms with E-state index in [1.165, 1.54) is 6.07 Å². The Labute approximate surface area is 120 Å². The second-order valence-corrected chi connectivity index (χ2v) is 5.83. The summed E-state index contributed by atoms with van der Waals surface area (Å²) in [7, 11) is 0. The van der Waals surface area contributed by atoms with Gasteiger partial charge in [0.25, 0.3) is 5.91 Å². The molecule has 0 fully saturated rings. The van der Waals surface area contributed by atoms with Crippen molar-refractivity contribution in [3.8, 4) is 0 Å². The number of rotatable bonds is 2. The number of halogens is 1. The molecule has 0 spiro atoms. The second kappa shape index (κ2) is 5.28. The van der Waals surface area contributed by atoms with Crippen molar-refractivity contribution >= 4 is 23.4 Å². The highest BCUT2D eigenvalue weighted by atomic mass is 32.2. The fraction of sp³-hybridized carbons (Fsp3) is 0.286. The predicted octanol–water partition coefficient (Wildman–Crippen LogP) is 2.83. The number of benzene rings is 1. The van der Waals surface area contributed by atoms with Crippen LogP contribution in [-0.2, 0) is 12.3 Å². The highest BCUT2D eigenvalue weighted by Crippen LogP contribution is 2.20. The van der Waals surface area contributed by atoms with Crippen LogP contribution in [0, 0.1) is 12.7 Å². The molecule has 0 unspecified atom stereocenters. The Morgan fingerprint density at radius 2 is 2.35 bits per heavy atom. The lowest BCUT2D eigenvalue weighted by Gasteiger charge is -2.11. The van der Waals surface area contributed by atoms with E-state index in [1.54, 1.807) is 30.1 Å². The molecule has 0 saturated heterocycles. The van der Waals surface area contributed by atoms with Gasteiger partial charge in [0.05, 0.1) is 11.4 Å². The predicted molar refractivity (Wildman–Crippen MR) is 77.5 cm³/mol. The third-order valence-corrected chi connectivity index (χ3v) is 4.10. The molecule has 2 aromatic rings. The van der Waals surface area contributed by atoms with Gasteiger partial charge in [-0.15, -0.1) is 0 Å². The van der Waals surface area contributed by atoms with Crippen LogP contribution < -0.4 is 5.32 Å². The summed E-state index contributed by atoms with van der Waals surface area (Å²) < 4.78 is 15.6. The minimum absolute atomic E-state index is 0.190. The number of thioether (sulfide) groups is 1. The van der Waals surface area contributed by atoms with Gasteiger partial charge in [-0.25, -0.2) is 9.37 Å². The molecular weight excluding hydrogens is 277 g/mol. The Morgan fingerprint density at radius 3 is 3.15 bits per heavy atom. The number of aromatic nitrogens is 2. The van der Waals surface area contributed by atoms with Gasteiger partial charge in [0.1, 0.15) is 17.3 Å². The molecule has 1 aliphatic heterocycles. The second-order valence-electron chi connectivity index (χ2n) is 4.73. The number of nitrogens with one attached hydrogen (secondary N) is 1. The van der Waals surface area contributed by atoms with Crippen molar-refractivity contribution in [1.29, 1.82) is 0 Å². The zero-order valence-corrected chi connectivity index (χ0v) is 11.8. The van der Waals surface area contributed by atoms with Gasteiger partial charge in [-0.3, -0.25) is 4.79 Å². The number of hydrogen-bond donors (Lipinski definition) is 1. The molecule has 0 bridgehead atoms. The average molecular weight is 291 g/mol. The van der Waals surface area contributed by atoms with E-state index < -0.39 is 5.82 Å². The van der Waals surface area contributed by atoms with E-state index in [9.17, 15) is 9.18 Å². The number of carbonyl (C=O) groups is 1. The quantitative estimate of drug-likeness (QED) is 0.925. The van der Waals surface area contributed by atoms with Crippen molar-refractivity contribution in [1.82, 2.24) is 9.55 Å². The van der Waals surface area contributed by atoms with Crippen LogP contribution in [0.4, 0.5) is 10.1 Å². The summed E-state index contributed by atoms with van der Waals surface area (Å²) in [5, 5.41) is 2.58. The lowest BCUT2D eigenvalue weighted by Crippen LogP contribution is -2.13. The van der Waals surface area contributed by atoms with Crippen LogP contribution in [0.5, 0.6) is 0 Å². The number of hydrogen-bond acceptors (Lipinski definition) is 3. The number of nitrogens with zero attached hydrogens (tertiary/aromatic N) is 2. The molecule has 2 heterocycles. The smallest absolute Gasteiger partial charge is 0.275 e. The summed E-state index contributed by atoms with van der Waals surface area (Å²) >= 11 is 1.80. The molecule has 0 atom stereocenters. The molecule has 104 valence electrons. The van der Waals surface area contributed by atoms with E-state index in [-0.39, 0.29) is 11.6 Å². The number of anilines is 1. The van der Waals surface area contributed by atoms with Gasteiger partial charge in [0.2, 0.25) is 0 Å². The first-order chi connectivity index (χ1) is 9.63. The maximum atomic E-state index is 13.6. The first kappa shape index (κ1) is 13.2. The molecule has 1 aliphatic rings. The van der Waals surface area contributed by atoms with Crippen molar-refractivity contribution in [2.24, 2.45) is 0 Å². The number of carbonyl (C=O) groups excluding carboxylic acids is 1. The van der Waals surface area contributed by atoms with Gasteiger partial charge >= 0.3 is 0 Å². The minimum atomic E-state index is -0.441. The molecule has 6 heteroatoms. The van der Waals surface area contributed by atoms with Gasteiger partial charge in [0, 0.05) is 18.5 Å². The summed E-state index contributed by atoms with van der Waals surface area (Å²) in [5.41, 5.74) is 1.42. The molecule has 1 aromatic heterocycles.